The third-order valence-corrected chi connectivity index (χ3v) is 6.53. The van der Waals surface area contributed by atoms with E-state index in [0.29, 0.717) is 44.4 Å². The normalized spacial score (nSPS) is 26.4. The number of likely N-dealkylation sites (tertiary alicyclic amines) is 1. The predicted octanol–water partition coefficient (Wildman–Crippen LogP) is 4.85. The van der Waals surface area contributed by atoms with E-state index in [4.69, 9.17) is 4.74 Å². The Hall–Kier alpha value is -2.33. The lowest BCUT2D eigenvalue weighted by molar-refractivity contribution is 0.0298. The molecule has 0 spiro atoms. The Bertz CT molecular complexity index is 840. The van der Waals surface area contributed by atoms with Crippen LogP contribution in [0.5, 0.6) is 0 Å². The molecule has 1 aliphatic heterocycles. The number of benzene rings is 2. The molecule has 2 aromatic carbocycles. The Balaban J connectivity index is 1.35. The number of carbonyl (C=O) groups is 1. The molecule has 1 N–H and O–H groups in total. The number of nitrogens with zero attached hydrogens (tertiary/aromatic N) is 1. The van der Waals surface area contributed by atoms with Crippen molar-refractivity contribution in [1.82, 2.24) is 4.90 Å². The van der Waals surface area contributed by atoms with Crippen molar-refractivity contribution in [1.29, 1.82) is 0 Å². The Morgan fingerprint density at radius 1 is 1.03 bits per heavy atom. The van der Waals surface area contributed by atoms with Gasteiger partial charge < -0.3 is 14.7 Å². The van der Waals surface area contributed by atoms with E-state index in [1.807, 2.05) is 30.3 Å². The molecule has 2 atom stereocenters. The van der Waals surface area contributed by atoms with Crippen LogP contribution in [0.2, 0.25) is 0 Å². The highest BCUT2D eigenvalue weighted by molar-refractivity contribution is 5.68. The van der Waals surface area contributed by atoms with Crippen LogP contribution in [-0.4, -0.2) is 29.2 Å². The van der Waals surface area contributed by atoms with Crippen LogP contribution >= 0.6 is 0 Å². The molecule has 1 saturated carbocycles. The van der Waals surface area contributed by atoms with Gasteiger partial charge in [0, 0.05) is 13.1 Å². The number of fused-ring (bicyclic) bond motifs is 1. The van der Waals surface area contributed by atoms with Crippen molar-refractivity contribution in [3.63, 3.8) is 0 Å². The first kappa shape index (κ1) is 20.0. The number of hydrogen-bond donors (Lipinski definition) is 1. The first-order valence-corrected chi connectivity index (χ1v) is 10.5. The summed E-state index contributed by atoms with van der Waals surface area (Å²) < 4.78 is 5.48. The average Bonchev–Trinajstić information content (AvgIpc) is 3.22. The van der Waals surface area contributed by atoms with E-state index in [1.54, 1.807) is 4.90 Å². The van der Waals surface area contributed by atoms with Gasteiger partial charge in [-0.2, -0.15) is 0 Å². The molecule has 1 aliphatic carbocycles. The van der Waals surface area contributed by atoms with E-state index < -0.39 is 5.60 Å². The fourth-order valence-corrected chi connectivity index (χ4v) is 4.83. The fourth-order valence-electron chi connectivity index (χ4n) is 4.83. The first-order valence-electron chi connectivity index (χ1n) is 10.5. The minimum Gasteiger partial charge on any atom is -0.445 e. The van der Waals surface area contributed by atoms with Crippen LogP contribution in [0.1, 0.15) is 50.3 Å². The molecular formula is C25H31NO3. The van der Waals surface area contributed by atoms with Gasteiger partial charge in [-0.3, -0.25) is 0 Å². The molecule has 4 heteroatoms. The largest absolute Gasteiger partial charge is 0.445 e. The van der Waals surface area contributed by atoms with Crippen LogP contribution in [0.25, 0.3) is 0 Å². The van der Waals surface area contributed by atoms with E-state index in [9.17, 15) is 9.90 Å². The van der Waals surface area contributed by atoms with E-state index in [1.165, 1.54) is 5.56 Å². The molecule has 0 bridgehead atoms. The van der Waals surface area contributed by atoms with E-state index in [0.717, 1.165) is 11.1 Å². The van der Waals surface area contributed by atoms with Crippen molar-refractivity contribution in [2.75, 3.05) is 13.1 Å². The molecule has 2 unspecified atom stereocenters. The van der Waals surface area contributed by atoms with Gasteiger partial charge in [0.15, 0.2) is 0 Å². The van der Waals surface area contributed by atoms with Gasteiger partial charge in [-0.05, 0) is 46.8 Å². The second kappa shape index (κ2) is 7.49. The number of amides is 1. The average molecular weight is 394 g/mol. The van der Waals surface area contributed by atoms with Gasteiger partial charge in [-0.1, -0.05) is 75.4 Å². The molecule has 154 valence electrons. The van der Waals surface area contributed by atoms with E-state index in [-0.39, 0.29) is 11.5 Å². The minimum absolute atomic E-state index is 0.105. The van der Waals surface area contributed by atoms with Crippen molar-refractivity contribution < 1.29 is 14.6 Å². The number of aliphatic hydroxyl groups is 1. The molecule has 4 nitrogen and oxygen atoms in total. The molecule has 0 radical (unpaired) electrons. The molecular weight excluding hydrogens is 362 g/mol. The van der Waals surface area contributed by atoms with Crippen molar-refractivity contribution >= 4 is 6.09 Å². The van der Waals surface area contributed by atoms with Gasteiger partial charge >= 0.3 is 6.09 Å². The van der Waals surface area contributed by atoms with E-state index in [2.05, 4.69) is 45.0 Å². The highest BCUT2D eigenvalue weighted by atomic mass is 16.6. The standard InChI is InChI=1S/C25H31NO3/c1-24(2,3)21-9-11-22(12-10-21)25(28)13-19-15-26(16-20(19)14-25)23(27)29-17-18-7-5-4-6-8-18/h4-12,19-20,28H,13-17H2,1-3H3. The molecule has 2 aliphatic rings. The van der Waals surface area contributed by atoms with Gasteiger partial charge in [0.25, 0.3) is 0 Å². The highest BCUT2D eigenvalue weighted by Crippen LogP contribution is 2.49. The second-order valence-corrected chi connectivity index (χ2v) is 9.73. The molecule has 4 rings (SSSR count). The van der Waals surface area contributed by atoms with Gasteiger partial charge in [0.05, 0.1) is 5.60 Å². The predicted molar refractivity (Wildman–Crippen MR) is 113 cm³/mol. The monoisotopic (exact) mass is 393 g/mol. The van der Waals surface area contributed by atoms with Crippen molar-refractivity contribution in [2.24, 2.45) is 11.8 Å². The Kier molecular flexibility index (Phi) is 5.16. The first-order chi connectivity index (χ1) is 13.7. The van der Waals surface area contributed by atoms with E-state index >= 15 is 0 Å². The highest BCUT2D eigenvalue weighted by Gasteiger charge is 2.50. The summed E-state index contributed by atoms with van der Waals surface area (Å²) in [5.74, 6) is 0.651. The summed E-state index contributed by atoms with van der Waals surface area (Å²) in [6, 6.07) is 18.2. The van der Waals surface area contributed by atoms with Crippen LogP contribution < -0.4 is 0 Å². The van der Waals surface area contributed by atoms with Crippen molar-refractivity contribution in [3.8, 4) is 0 Å². The second-order valence-electron chi connectivity index (χ2n) is 9.73. The molecule has 29 heavy (non-hydrogen) atoms. The SMILES string of the molecule is CC(C)(C)c1ccc(C2(O)CC3CN(C(=O)OCc4ccccc4)CC3C2)cc1. The van der Waals surface area contributed by atoms with Crippen LogP contribution in [0, 0.1) is 11.8 Å². The van der Waals surface area contributed by atoms with Gasteiger partial charge in [0.1, 0.15) is 6.61 Å². The van der Waals surface area contributed by atoms with Gasteiger partial charge in [-0.25, -0.2) is 4.79 Å². The summed E-state index contributed by atoms with van der Waals surface area (Å²) in [6.07, 6.45) is 1.16. The minimum atomic E-state index is -0.786. The third kappa shape index (κ3) is 4.18. The Morgan fingerprint density at radius 2 is 1.62 bits per heavy atom. The maximum atomic E-state index is 12.5. The molecule has 2 fully saturated rings. The summed E-state index contributed by atoms with van der Waals surface area (Å²) >= 11 is 0. The molecule has 1 amide bonds. The van der Waals surface area contributed by atoms with Crippen molar-refractivity contribution in [2.45, 2.75) is 51.2 Å². The van der Waals surface area contributed by atoms with Crippen LogP contribution in [0.4, 0.5) is 4.79 Å². The maximum Gasteiger partial charge on any atom is 0.410 e. The zero-order valence-corrected chi connectivity index (χ0v) is 17.6. The lowest BCUT2D eigenvalue weighted by atomic mass is 9.84. The van der Waals surface area contributed by atoms with Crippen LogP contribution in [0.15, 0.2) is 54.6 Å². The smallest absolute Gasteiger partial charge is 0.410 e. The van der Waals surface area contributed by atoms with Crippen molar-refractivity contribution in [3.05, 3.63) is 71.3 Å². The summed E-state index contributed by atoms with van der Waals surface area (Å²) in [4.78, 5) is 14.3. The summed E-state index contributed by atoms with van der Waals surface area (Å²) in [7, 11) is 0. The number of carbonyl (C=O) groups excluding carboxylic acids is 1. The molecule has 1 saturated heterocycles. The maximum absolute atomic E-state index is 12.5. The molecule has 0 aromatic heterocycles. The Labute approximate surface area is 173 Å². The number of ether oxygens (including phenoxy) is 1. The summed E-state index contributed by atoms with van der Waals surface area (Å²) in [5.41, 5.74) is 2.58. The lowest BCUT2D eigenvalue weighted by Gasteiger charge is -2.27. The van der Waals surface area contributed by atoms with Gasteiger partial charge in [0.2, 0.25) is 0 Å². The Morgan fingerprint density at radius 3 is 2.17 bits per heavy atom. The lowest BCUT2D eigenvalue weighted by Crippen LogP contribution is -2.32. The fraction of sp³-hybridized carbons (Fsp3) is 0.480. The zero-order valence-electron chi connectivity index (χ0n) is 17.6. The quantitative estimate of drug-likeness (QED) is 0.811. The molecule has 2 aromatic rings. The topological polar surface area (TPSA) is 49.8 Å². The summed E-state index contributed by atoms with van der Waals surface area (Å²) in [5, 5.41) is 11.3. The third-order valence-electron chi connectivity index (χ3n) is 6.53. The zero-order chi connectivity index (χ0) is 20.6. The van der Waals surface area contributed by atoms with Gasteiger partial charge in [-0.15, -0.1) is 0 Å². The summed E-state index contributed by atoms with van der Waals surface area (Å²) in [6.45, 7) is 8.23. The molecule has 1 heterocycles. The number of rotatable bonds is 3. The van der Waals surface area contributed by atoms with Crippen LogP contribution in [0.3, 0.4) is 0 Å². The number of hydrogen-bond acceptors (Lipinski definition) is 3. The van der Waals surface area contributed by atoms with Crippen LogP contribution in [-0.2, 0) is 22.4 Å².